The highest BCUT2D eigenvalue weighted by atomic mass is 32.2. The van der Waals surface area contributed by atoms with Crippen molar-refractivity contribution in [3.8, 4) is 11.5 Å². The van der Waals surface area contributed by atoms with E-state index in [1.165, 1.54) is 12.1 Å². The molecular weight excluding hydrogens is 356 g/mol. The molecule has 4 rings (SSSR count). The number of anilines is 1. The molecule has 8 nitrogen and oxygen atoms in total. The van der Waals surface area contributed by atoms with Gasteiger partial charge in [0.2, 0.25) is 10.0 Å². The predicted octanol–water partition coefficient (Wildman–Crippen LogP) is 1.33. The molecule has 3 heterocycles. The summed E-state index contributed by atoms with van der Waals surface area (Å²) in [7, 11) is -3.70. The molecule has 2 aliphatic heterocycles. The molecule has 9 heteroatoms. The van der Waals surface area contributed by atoms with Crippen LogP contribution in [0.2, 0.25) is 0 Å². The van der Waals surface area contributed by atoms with Crippen LogP contribution in [0.3, 0.4) is 0 Å². The van der Waals surface area contributed by atoms with Crippen LogP contribution in [0.4, 0.5) is 5.82 Å². The summed E-state index contributed by atoms with van der Waals surface area (Å²) in [6.45, 7) is 2.83. The molecule has 2 aromatic rings. The molecule has 1 aromatic heterocycles. The minimum atomic E-state index is -3.70. The Labute approximate surface area is 152 Å². The maximum atomic E-state index is 12.6. The fourth-order valence-electron chi connectivity index (χ4n) is 3.03. The van der Waals surface area contributed by atoms with Gasteiger partial charge in [0, 0.05) is 25.4 Å². The van der Waals surface area contributed by atoms with Crippen molar-refractivity contribution >= 4 is 15.8 Å². The highest BCUT2D eigenvalue weighted by Crippen LogP contribution is 2.32. The number of nitrogens with one attached hydrogen (secondary N) is 1. The molecule has 0 aliphatic carbocycles. The normalized spacial score (nSPS) is 16.7. The van der Waals surface area contributed by atoms with Crippen molar-refractivity contribution in [3.63, 3.8) is 0 Å². The molecule has 1 N–H and O–H groups in total. The molecule has 0 unspecified atom stereocenters. The summed E-state index contributed by atoms with van der Waals surface area (Å²) in [5.41, 5.74) is 0. The van der Waals surface area contributed by atoms with E-state index in [-0.39, 0.29) is 11.4 Å². The lowest BCUT2D eigenvalue weighted by molar-refractivity contribution is 0.171. The van der Waals surface area contributed by atoms with Gasteiger partial charge in [-0.2, -0.15) is 0 Å². The van der Waals surface area contributed by atoms with Gasteiger partial charge in [-0.15, -0.1) is 0 Å². The number of sulfonamides is 1. The van der Waals surface area contributed by atoms with Gasteiger partial charge < -0.3 is 14.4 Å². The molecule has 0 radical (unpaired) electrons. The summed E-state index contributed by atoms with van der Waals surface area (Å²) < 4.78 is 38.5. The second-order valence-electron chi connectivity index (χ2n) is 6.16. The minimum absolute atomic E-state index is 0.0262. The van der Waals surface area contributed by atoms with Gasteiger partial charge >= 0.3 is 0 Å². The largest absolute Gasteiger partial charge is 0.486 e. The zero-order chi connectivity index (χ0) is 18.0. The van der Waals surface area contributed by atoms with Crippen LogP contribution in [0.15, 0.2) is 35.4 Å². The van der Waals surface area contributed by atoms with Crippen molar-refractivity contribution in [1.29, 1.82) is 0 Å². The maximum absolute atomic E-state index is 12.6. The summed E-state index contributed by atoms with van der Waals surface area (Å²) in [5, 5.41) is 0. The number of hydrogen-bond acceptors (Lipinski definition) is 7. The first kappa shape index (κ1) is 17.0. The molecule has 1 saturated heterocycles. The number of fused-ring (bicyclic) bond motifs is 1. The Morgan fingerprint density at radius 1 is 1.08 bits per heavy atom. The topological polar surface area (TPSA) is 93.7 Å². The van der Waals surface area contributed by atoms with E-state index in [4.69, 9.17) is 9.47 Å². The number of aromatic nitrogens is 2. The first-order chi connectivity index (χ1) is 12.6. The molecule has 2 aliphatic rings. The van der Waals surface area contributed by atoms with Gasteiger partial charge in [-0.25, -0.2) is 23.1 Å². The van der Waals surface area contributed by atoms with Crippen molar-refractivity contribution in [2.24, 2.45) is 0 Å². The molecule has 1 aromatic carbocycles. The summed E-state index contributed by atoms with van der Waals surface area (Å²) >= 11 is 0. The van der Waals surface area contributed by atoms with E-state index in [1.54, 1.807) is 12.3 Å². The third-order valence-corrected chi connectivity index (χ3v) is 5.76. The summed E-state index contributed by atoms with van der Waals surface area (Å²) in [6.07, 6.45) is 3.96. The van der Waals surface area contributed by atoms with Gasteiger partial charge in [-0.1, -0.05) is 0 Å². The van der Waals surface area contributed by atoms with Gasteiger partial charge in [0.1, 0.15) is 24.9 Å². The van der Waals surface area contributed by atoms with Crippen LogP contribution in [0, 0.1) is 0 Å². The van der Waals surface area contributed by atoms with Crippen LogP contribution in [0.25, 0.3) is 0 Å². The first-order valence-corrected chi connectivity index (χ1v) is 10.1. The van der Waals surface area contributed by atoms with Gasteiger partial charge in [-0.05, 0) is 31.0 Å². The molecule has 0 atom stereocenters. The average Bonchev–Trinajstić information content (AvgIpc) is 3.21. The predicted molar refractivity (Wildman–Crippen MR) is 94.9 cm³/mol. The Morgan fingerprint density at radius 2 is 1.85 bits per heavy atom. The SMILES string of the molecule is O=S(=O)(NCc1nccc(N2CCCC2)n1)c1ccc2c(c1)OCCO2. The molecule has 0 bridgehead atoms. The van der Waals surface area contributed by atoms with E-state index >= 15 is 0 Å². The molecule has 0 amide bonds. The molecule has 0 saturated carbocycles. The Balaban J connectivity index is 1.47. The Bertz CT molecular complexity index is 897. The Morgan fingerprint density at radius 3 is 2.65 bits per heavy atom. The third kappa shape index (κ3) is 3.58. The second-order valence-corrected chi connectivity index (χ2v) is 7.92. The number of ether oxygens (including phenoxy) is 2. The molecular formula is C17H20N4O4S. The fourth-order valence-corrected chi connectivity index (χ4v) is 4.02. The van der Waals surface area contributed by atoms with E-state index in [0.717, 1.165) is 31.7 Å². The Hall–Kier alpha value is -2.39. The van der Waals surface area contributed by atoms with Crippen LogP contribution in [-0.2, 0) is 16.6 Å². The van der Waals surface area contributed by atoms with Gasteiger partial charge in [0.25, 0.3) is 0 Å². The van der Waals surface area contributed by atoms with E-state index in [2.05, 4.69) is 19.6 Å². The minimum Gasteiger partial charge on any atom is -0.486 e. The van der Waals surface area contributed by atoms with Crippen molar-refractivity contribution in [2.45, 2.75) is 24.3 Å². The van der Waals surface area contributed by atoms with E-state index in [9.17, 15) is 8.42 Å². The zero-order valence-corrected chi connectivity index (χ0v) is 15.0. The summed E-state index contributed by atoms with van der Waals surface area (Å²) in [6, 6.07) is 6.42. The number of hydrogen-bond donors (Lipinski definition) is 1. The standard InChI is InChI=1S/C17H20N4O4S/c22-26(23,13-3-4-14-15(11-13)25-10-9-24-14)19-12-16-18-6-5-17(20-16)21-7-1-2-8-21/h3-6,11,19H,1-2,7-10,12H2. The smallest absolute Gasteiger partial charge is 0.241 e. The zero-order valence-electron chi connectivity index (χ0n) is 14.2. The maximum Gasteiger partial charge on any atom is 0.241 e. The highest BCUT2D eigenvalue weighted by Gasteiger charge is 2.20. The number of rotatable bonds is 5. The van der Waals surface area contributed by atoms with Gasteiger partial charge in [0.05, 0.1) is 11.4 Å². The summed E-state index contributed by atoms with van der Waals surface area (Å²) in [5.74, 6) is 2.27. The second kappa shape index (κ2) is 7.08. The van der Waals surface area contributed by atoms with Crippen LogP contribution >= 0.6 is 0 Å². The molecule has 138 valence electrons. The van der Waals surface area contributed by atoms with Gasteiger partial charge in [-0.3, -0.25) is 0 Å². The van der Waals surface area contributed by atoms with Crippen LogP contribution in [0.1, 0.15) is 18.7 Å². The van der Waals surface area contributed by atoms with Crippen LogP contribution < -0.4 is 19.1 Å². The average molecular weight is 376 g/mol. The summed E-state index contributed by atoms with van der Waals surface area (Å²) in [4.78, 5) is 10.9. The van der Waals surface area contributed by atoms with Crippen LogP contribution in [-0.4, -0.2) is 44.7 Å². The lowest BCUT2D eigenvalue weighted by atomic mass is 10.3. The van der Waals surface area contributed by atoms with Crippen LogP contribution in [0.5, 0.6) is 11.5 Å². The van der Waals surface area contributed by atoms with Crippen molar-refractivity contribution < 1.29 is 17.9 Å². The van der Waals surface area contributed by atoms with Crippen molar-refractivity contribution in [3.05, 3.63) is 36.3 Å². The number of nitrogens with zero attached hydrogens (tertiary/aromatic N) is 3. The number of benzene rings is 1. The quantitative estimate of drug-likeness (QED) is 0.841. The molecule has 1 fully saturated rings. The fraction of sp³-hybridized carbons (Fsp3) is 0.412. The van der Waals surface area contributed by atoms with E-state index in [0.29, 0.717) is 30.5 Å². The van der Waals surface area contributed by atoms with E-state index in [1.807, 2.05) is 6.07 Å². The molecule has 26 heavy (non-hydrogen) atoms. The van der Waals surface area contributed by atoms with E-state index < -0.39 is 10.0 Å². The molecule has 0 spiro atoms. The first-order valence-electron chi connectivity index (χ1n) is 8.58. The third-order valence-electron chi connectivity index (χ3n) is 4.37. The highest BCUT2D eigenvalue weighted by molar-refractivity contribution is 7.89. The lowest BCUT2D eigenvalue weighted by Crippen LogP contribution is -2.26. The van der Waals surface area contributed by atoms with Crippen molar-refractivity contribution in [2.75, 3.05) is 31.2 Å². The van der Waals surface area contributed by atoms with Crippen molar-refractivity contribution in [1.82, 2.24) is 14.7 Å². The van der Waals surface area contributed by atoms with Gasteiger partial charge in [0.15, 0.2) is 11.5 Å². The Kier molecular flexibility index (Phi) is 4.64. The monoisotopic (exact) mass is 376 g/mol. The lowest BCUT2D eigenvalue weighted by Gasteiger charge is -2.19.